The van der Waals surface area contributed by atoms with Crippen molar-refractivity contribution in [1.82, 2.24) is 4.31 Å². The minimum absolute atomic E-state index is 0.0714. The first-order valence-electron chi connectivity index (χ1n) is 11.1. The predicted octanol–water partition coefficient (Wildman–Crippen LogP) is 4.55. The molecule has 1 atom stereocenters. The lowest BCUT2D eigenvalue weighted by molar-refractivity contribution is -0.122. The molecule has 0 bridgehead atoms. The minimum Gasteiger partial charge on any atom is -0.274 e. The number of hydrogen-bond donors (Lipinski definition) is 0. The van der Waals surface area contributed by atoms with Crippen LogP contribution in [0.15, 0.2) is 47.9 Å². The molecule has 1 unspecified atom stereocenters. The lowest BCUT2D eigenvalue weighted by Gasteiger charge is -2.28. The monoisotopic (exact) mass is 468 g/mol. The first-order valence-corrected chi connectivity index (χ1v) is 12.5. The summed E-state index contributed by atoms with van der Waals surface area (Å²) in [5.41, 5.74) is 4.54. The summed E-state index contributed by atoms with van der Waals surface area (Å²) in [6.45, 7) is 15.0. The molecule has 176 valence electrons. The molecule has 6 nitrogen and oxygen atoms in total. The van der Waals surface area contributed by atoms with Gasteiger partial charge in [0.1, 0.15) is 6.04 Å². The number of imide groups is 1. The molecule has 3 rings (SSSR count). The van der Waals surface area contributed by atoms with Gasteiger partial charge < -0.3 is 0 Å². The Labute approximate surface area is 197 Å². The Hall–Kier alpha value is -2.77. The van der Waals surface area contributed by atoms with E-state index in [1.807, 2.05) is 32.0 Å². The molecule has 0 N–H and O–H groups in total. The van der Waals surface area contributed by atoms with Crippen LogP contribution in [0.4, 0.5) is 5.69 Å². The lowest BCUT2D eigenvalue weighted by atomic mass is 10.0. The molecule has 2 aromatic carbocycles. The molecule has 2 aromatic rings. The van der Waals surface area contributed by atoms with Crippen LogP contribution in [0.1, 0.15) is 54.0 Å². The van der Waals surface area contributed by atoms with Gasteiger partial charge in [-0.3, -0.25) is 9.59 Å². The van der Waals surface area contributed by atoms with Crippen LogP contribution in [0.25, 0.3) is 0 Å². The number of carbonyl (C=O) groups excluding carboxylic acids is 2. The Morgan fingerprint density at radius 3 is 2.09 bits per heavy atom. The van der Waals surface area contributed by atoms with Crippen molar-refractivity contribution in [3.63, 3.8) is 0 Å². The second-order valence-electron chi connectivity index (χ2n) is 8.99. The summed E-state index contributed by atoms with van der Waals surface area (Å²) >= 11 is 0. The standard InChI is InChI=1S/C26H32N2O4S/c1-8-13-27(33(31,32)25-19(6)17(4)14-18(5)20(25)7)23-15-24(29)28(26(23)30)22-11-9-21(10-12-22)16(2)3/h8-12,14,16,23H,1,13,15H2,2-7H3. The molecule has 2 amide bonds. The summed E-state index contributed by atoms with van der Waals surface area (Å²) < 4.78 is 28.9. The number of aryl methyl sites for hydroxylation is 2. The molecule has 0 aromatic heterocycles. The van der Waals surface area contributed by atoms with Crippen molar-refractivity contribution in [2.24, 2.45) is 0 Å². The van der Waals surface area contributed by atoms with E-state index in [1.165, 1.54) is 6.08 Å². The maximum atomic E-state index is 13.9. The number of hydrogen-bond acceptors (Lipinski definition) is 4. The first-order chi connectivity index (χ1) is 15.4. The maximum Gasteiger partial charge on any atom is 0.252 e. The van der Waals surface area contributed by atoms with E-state index in [0.717, 1.165) is 25.9 Å². The van der Waals surface area contributed by atoms with Gasteiger partial charge in [0.15, 0.2) is 0 Å². The quantitative estimate of drug-likeness (QED) is 0.441. The summed E-state index contributed by atoms with van der Waals surface area (Å²) in [6.07, 6.45) is 1.24. The normalized spacial score (nSPS) is 16.8. The summed E-state index contributed by atoms with van der Waals surface area (Å²) in [4.78, 5) is 27.6. The van der Waals surface area contributed by atoms with Crippen molar-refractivity contribution < 1.29 is 18.0 Å². The van der Waals surface area contributed by atoms with Crippen molar-refractivity contribution in [3.05, 3.63) is 70.8 Å². The molecule has 0 radical (unpaired) electrons. The Balaban J connectivity index is 2.05. The van der Waals surface area contributed by atoms with Gasteiger partial charge >= 0.3 is 0 Å². The topological polar surface area (TPSA) is 74.8 Å². The van der Waals surface area contributed by atoms with Gasteiger partial charge in [0.2, 0.25) is 15.9 Å². The Bertz CT molecular complexity index is 1190. The van der Waals surface area contributed by atoms with E-state index in [1.54, 1.807) is 26.0 Å². The van der Waals surface area contributed by atoms with Crippen LogP contribution < -0.4 is 4.90 Å². The second-order valence-corrected chi connectivity index (χ2v) is 10.8. The smallest absolute Gasteiger partial charge is 0.252 e. The lowest BCUT2D eigenvalue weighted by Crippen LogP contribution is -2.45. The first kappa shape index (κ1) is 24.9. The number of anilines is 1. The van der Waals surface area contributed by atoms with E-state index in [-0.39, 0.29) is 17.9 Å². The second kappa shape index (κ2) is 9.23. The van der Waals surface area contributed by atoms with Crippen LogP contribution in [0, 0.1) is 27.7 Å². The molecule has 7 heteroatoms. The third kappa shape index (κ3) is 4.39. The molecular weight excluding hydrogens is 436 g/mol. The molecule has 1 fully saturated rings. The predicted molar refractivity (Wildman–Crippen MR) is 131 cm³/mol. The van der Waals surface area contributed by atoms with Gasteiger partial charge in [-0.15, -0.1) is 6.58 Å². The van der Waals surface area contributed by atoms with Gasteiger partial charge in [0.25, 0.3) is 5.91 Å². The number of sulfonamides is 1. The van der Waals surface area contributed by atoms with Gasteiger partial charge in [-0.1, -0.05) is 38.1 Å². The highest BCUT2D eigenvalue weighted by molar-refractivity contribution is 7.89. The van der Waals surface area contributed by atoms with E-state index >= 15 is 0 Å². The van der Waals surface area contributed by atoms with Gasteiger partial charge in [-0.05, 0) is 73.6 Å². The average molecular weight is 469 g/mol. The largest absolute Gasteiger partial charge is 0.274 e. The van der Waals surface area contributed by atoms with Gasteiger partial charge in [-0.25, -0.2) is 13.3 Å². The Kier molecular flexibility index (Phi) is 6.96. The molecule has 0 saturated carbocycles. The number of benzene rings is 2. The zero-order chi connectivity index (χ0) is 24.7. The van der Waals surface area contributed by atoms with Crippen LogP contribution >= 0.6 is 0 Å². The molecule has 1 aliphatic rings. The van der Waals surface area contributed by atoms with Gasteiger partial charge in [0, 0.05) is 6.54 Å². The summed E-state index contributed by atoms with van der Waals surface area (Å²) in [6, 6.07) is 8.07. The molecule has 1 aliphatic heterocycles. The Morgan fingerprint density at radius 1 is 1.06 bits per heavy atom. The van der Waals surface area contributed by atoms with Gasteiger partial charge in [0.05, 0.1) is 17.0 Å². The number of nitrogens with zero attached hydrogens (tertiary/aromatic N) is 2. The number of amides is 2. The third-order valence-corrected chi connectivity index (χ3v) is 8.61. The van der Waals surface area contributed by atoms with Crippen molar-refractivity contribution >= 4 is 27.5 Å². The SMILES string of the molecule is C=CCN(C1CC(=O)N(c2ccc(C(C)C)cc2)C1=O)S(=O)(=O)c1c(C)c(C)cc(C)c1C. The zero-order valence-corrected chi connectivity index (χ0v) is 21.0. The van der Waals surface area contributed by atoms with Crippen LogP contribution in [-0.4, -0.2) is 37.1 Å². The number of rotatable bonds is 7. The summed E-state index contributed by atoms with van der Waals surface area (Å²) in [5.74, 6) is -0.642. The maximum absolute atomic E-state index is 13.9. The average Bonchev–Trinajstić information content (AvgIpc) is 3.04. The third-order valence-electron chi connectivity index (χ3n) is 6.46. The van der Waals surface area contributed by atoms with Crippen molar-refractivity contribution in [1.29, 1.82) is 0 Å². The fraction of sp³-hybridized carbons (Fsp3) is 0.385. The van der Waals surface area contributed by atoms with Crippen molar-refractivity contribution in [2.45, 2.75) is 64.8 Å². The highest BCUT2D eigenvalue weighted by Crippen LogP contribution is 2.33. The van der Waals surface area contributed by atoms with E-state index in [9.17, 15) is 18.0 Å². The molecule has 1 heterocycles. The Morgan fingerprint density at radius 2 is 1.61 bits per heavy atom. The van der Waals surface area contributed by atoms with E-state index in [0.29, 0.717) is 22.7 Å². The van der Waals surface area contributed by atoms with E-state index < -0.39 is 27.9 Å². The zero-order valence-electron chi connectivity index (χ0n) is 20.2. The van der Waals surface area contributed by atoms with Crippen LogP contribution in [0.2, 0.25) is 0 Å². The molecular formula is C26H32N2O4S. The van der Waals surface area contributed by atoms with Crippen LogP contribution in [0.3, 0.4) is 0 Å². The van der Waals surface area contributed by atoms with E-state index in [4.69, 9.17) is 0 Å². The minimum atomic E-state index is -4.07. The van der Waals surface area contributed by atoms with Crippen molar-refractivity contribution in [2.75, 3.05) is 11.4 Å². The summed E-state index contributed by atoms with van der Waals surface area (Å²) in [7, 11) is -4.07. The highest BCUT2D eigenvalue weighted by atomic mass is 32.2. The van der Waals surface area contributed by atoms with Crippen molar-refractivity contribution in [3.8, 4) is 0 Å². The number of carbonyl (C=O) groups is 2. The van der Waals surface area contributed by atoms with E-state index in [2.05, 4.69) is 20.4 Å². The fourth-order valence-electron chi connectivity index (χ4n) is 4.33. The summed E-state index contributed by atoms with van der Waals surface area (Å²) in [5, 5.41) is 0. The van der Waals surface area contributed by atoms with Crippen LogP contribution in [0.5, 0.6) is 0 Å². The molecule has 33 heavy (non-hydrogen) atoms. The van der Waals surface area contributed by atoms with Gasteiger partial charge in [-0.2, -0.15) is 4.31 Å². The van der Waals surface area contributed by atoms with Crippen LogP contribution in [-0.2, 0) is 19.6 Å². The molecule has 0 aliphatic carbocycles. The fourth-order valence-corrected chi connectivity index (χ4v) is 6.46. The molecule has 1 saturated heterocycles. The highest BCUT2D eigenvalue weighted by Gasteiger charge is 2.47. The molecule has 0 spiro atoms.